The highest BCUT2D eigenvalue weighted by Crippen LogP contribution is 2.31. The molecule has 0 aliphatic heterocycles. The van der Waals surface area contributed by atoms with Gasteiger partial charge >= 0.3 is 0 Å². The molecule has 2 heteroatoms. The van der Waals surface area contributed by atoms with Crippen LogP contribution in [0.25, 0.3) is 0 Å². The van der Waals surface area contributed by atoms with E-state index in [1.54, 1.807) is 6.92 Å². The van der Waals surface area contributed by atoms with Crippen LogP contribution in [0.4, 0.5) is 8.78 Å². The number of rotatable bonds is 18. The fourth-order valence-corrected chi connectivity index (χ4v) is 4.50. The van der Waals surface area contributed by atoms with Crippen LogP contribution in [-0.4, -0.2) is 12.8 Å². The van der Waals surface area contributed by atoms with Gasteiger partial charge in [-0.2, -0.15) is 0 Å². The summed E-state index contributed by atoms with van der Waals surface area (Å²) in [7, 11) is 0. The first-order valence-corrected chi connectivity index (χ1v) is 15.6. The molecular formula is C33H70F2. The molecule has 0 N–H and O–H groups in total. The van der Waals surface area contributed by atoms with Crippen LogP contribution in [0.15, 0.2) is 0 Å². The van der Waals surface area contributed by atoms with Gasteiger partial charge in [-0.25, -0.2) is 4.39 Å². The topological polar surface area (TPSA) is 0 Å². The van der Waals surface area contributed by atoms with Crippen molar-refractivity contribution in [2.75, 3.05) is 6.67 Å². The molecule has 0 aromatic rings. The molecule has 0 nitrogen and oxygen atoms in total. The monoisotopic (exact) mass is 505 g/mol. The van der Waals surface area contributed by atoms with Crippen molar-refractivity contribution in [3.05, 3.63) is 0 Å². The first kappa shape index (κ1) is 39.4. The van der Waals surface area contributed by atoms with Crippen LogP contribution >= 0.6 is 0 Å². The summed E-state index contributed by atoms with van der Waals surface area (Å²) in [6.07, 6.45) is 10.5. The Bertz CT molecular complexity index is 406. The molecule has 0 rings (SSSR count). The third-order valence-corrected chi connectivity index (χ3v) is 8.42. The molecule has 0 aliphatic rings. The molecule has 0 aliphatic carbocycles. The predicted octanol–water partition coefficient (Wildman–Crippen LogP) is 12.4. The number of alkyl halides is 2. The van der Waals surface area contributed by atoms with Gasteiger partial charge in [-0.1, -0.05) is 135 Å². The lowest BCUT2D eigenvalue weighted by molar-refractivity contribution is 0.187. The van der Waals surface area contributed by atoms with E-state index in [4.69, 9.17) is 0 Å². The summed E-state index contributed by atoms with van der Waals surface area (Å²) in [5, 5.41) is 0. The zero-order chi connectivity index (χ0) is 28.0. The predicted molar refractivity (Wildman–Crippen MR) is 159 cm³/mol. The Balaban J connectivity index is -0.00000153. The van der Waals surface area contributed by atoms with E-state index in [0.717, 1.165) is 42.4 Å². The Morgan fingerprint density at radius 2 is 0.886 bits per heavy atom. The highest BCUT2D eigenvalue weighted by molar-refractivity contribution is 4.73. The van der Waals surface area contributed by atoms with Gasteiger partial charge in [0.1, 0.15) is 6.17 Å². The first-order chi connectivity index (χ1) is 16.4. The lowest BCUT2D eigenvalue weighted by atomic mass is 9.80. The van der Waals surface area contributed by atoms with Crippen LogP contribution in [0.1, 0.15) is 154 Å². The van der Waals surface area contributed by atoms with E-state index in [1.165, 1.54) is 44.9 Å². The maximum Gasteiger partial charge on any atom is 0.101 e. The van der Waals surface area contributed by atoms with Crippen molar-refractivity contribution in [1.29, 1.82) is 0 Å². The van der Waals surface area contributed by atoms with Gasteiger partial charge in [0.2, 0.25) is 0 Å². The average molecular weight is 505 g/mol. The summed E-state index contributed by atoms with van der Waals surface area (Å²) >= 11 is 0. The molecule has 216 valence electrons. The van der Waals surface area contributed by atoms with E-state index in [-0.39, 0.29) is 6.67 Å². The van der Waals surface area contributed by atoms with Crippen molar-refractivity contribution in [3.63, 3.8) is 0 Å². The molecule has 0 aromatic carbocycles. The largest absolute Gasteiger partial charge is 0.251 e. The van der Waals surface area contributed by atoms with E-state index in [1.807, 2.05) is 13.8 Å². The Morgan fingerprint density at radius 3 is 1.29 bits per heavy atom. The van der Waals surface area contributed by atoms with Crippen LogP contribution in [0.2, 0.25) is 0 Å². The van der Waals surface area contributed by atoms with Crippen LogP contribution in [0.3, 0.4) is 0 Å². The SMILES string of the molecule is CC.CCC(C)C(C)CCC(C)CC(F)CC(C)C(C)CCC(C)C(C)CCC(C)C.CCCF. The van der Waals surface area contributed by atoms with Gasteiger partial charge in [0.25, 0.3) is 0 Å². The third-order valence-electron chi connectivity index (χ3n) is 8.42. The molecule has 0 radical (unpaired) electrons. The maximum absolute atomic E-state index is 14.7. The summed E-state index contributed by atoms with van der Waals surface area (Å²) in [6, 6.07) is 0. The highest BCUT2D eigenvalue weighted by atomic mass is 19.1. The Labute approximate surface area is 223 Å². The van der Waals surface area contributed by atoms with Gasteiger partial charge in [0, 0.05) is 0 Å². The van der Waals surface area contributed by atoms with E-state index >= 15 is 0 Å². The van der Waals surface area contributed by atoms with Crippen LogP contribution in [-0.2, 0) is 0 Å². The van der Waals surface area contributed by atoms with Crippen molar-refractivity contribution in [2.45, 2.75) is 160 Å². The van der Waals surface area contributed by atoms with Gasteiger partial charge in [-0.05, 0) is 66.6 Å². The fraction of sp³-hybridized carbons (Fsp3) is 1.00. The maximum atomic E-state index is 14.7. The molecule has 35 heavy (non-hydrogen) atoms. The Kier molecular flexibility index (Phi) is 28.7. The lowest BCUT2D eigenvalue weighted by Gasteiger charge is -2.26. The lowest BCUT2D eigenvalue weighted by Crippen LogP contribution is -2.18. The fourth-order valence-electron chi connectivity index (χ4n) is 4.50. The number of halogens is 2. The first-order valence-electron chi connectivity index (χ1n) is 15.6. The van der Waals surface area contributed by atoms with Gasteiger partial charge in [-0.3, -0.25) is 4.39 Å². The van der Waals surface area contributed by atoms with Gasteiger partial charge in [-0.15, -0.1) is 0 Å². The molecule has 0 fully saturated rings. The highest BCUT2D eigenvalue weighted by Gasteiger charge is 2.22. The van der Waals surface area contributed by atoms with Crippen molar-refractivity contribution in [1.82, 2.24) is 0 Å². The van der Waals surface area contributed by atoms with Crippen LogP contribution < -0.4 is 0 Å². The van der Waals surface area contributed by atoms with Crippen molar-refractivity contribution in [2.24, 2.45) is 47.3 Å². The zero-order valence-corrected chi connectivity index (χ0v) is 26.7. The molecule has 0 bridgehead atoms. The Morgan fingerprint density at radius 1 is 0.514 bits per heavy atom. The minimum absolute atomic E-state index is 0.181. The number of hydrogen-bond donors (Lipinski definition) is 0. The quantitative estimate of drug-likeness (QED) is 0.174. The second kappa shape index (κ2) is 25.5. The van der Waals surface area contributed by atoms with Crippen molar-refractivity contribution in [3.8, 4) is 0 Å². The number of hydrogen-bond acceptors (Lipinski definition) is 0. The summed E-state index contributed by atoms with van der Waals surface area (Å²) in [4.78, 5) is 0. The summed E-state index contributed by atoms with van der Waals surface area (Å²) in [6.45, 7) is 29.0. The van der Waals surface area contributed by atoms with Crippen molar-refractivity contribution >= 4 is 0 Å². The van der Waals surface area contributed by atoms with Gasteiger partial charge < -0.3 is 0 Å². The molecule has 0 saturated heterocycles. The van der Waals surface area contributed by atoms with Crippen molar-refractivity contribution < 1.29 is 8.78 Å². The van der Waals surface area contributed by atoms with Gasteiger partial charge in [0.05, 0.1) is 6.67 Å². The minimum atomic E-state index is -0.622. The minimum Gasteiger partial charge on any atom is -0.251 e. The zero-order valence-electron chi connectivity index (χ0n) is 26.7. The summed E-state index contributed by atoms with van der Waals surface area (Å²) < 4.78 is 25.4. The van der Waals surface area contributed by atoms with E-state index in [9.17, 15) is 8.78 Å². The Hall–Kier alpha value is -0.140. The molecule has 0 saturated carbocycles. The van der Waals surface area contributed by atoms with E-state index in [2.05, 4.69) is 69.2 Å². The molecule has 8 atom stereocenters. The second-order valence-electron chi connectivity index (χ2n) is 12.3. The normalized spacial score (nSPS) is 18.2. The van der Waals surface area contributed by atoms with E-state index < -0.39 is 6.17 Å². The molecule has 8 unspecified atom stereocenters. The summed E-state index contributed by atoms with van der Waals surface area (Å²) in [5.74, 6) is 5.61. The smallest absolute Gasteiger partial charge is 0.101 e. The third kappa shape index (κ3) is 24.0. The van der Waals surface area contributed by atoms with Gasteiger partial charge in [0.15, 0.2) is 0 Å². The standard InChI is InChI=1S/C28H57F.C3H7F.C2H6/c1-11-22(5)23(6)15-13-21(4)18-28(29)19-27(10)26(9)17-16-25(8)24(7)14-12-20(2)3;1-2-3-4;1-2/h20-28H,11-19H2,1-10H3;2-3H2,1H3;1-2H3. The molecular weight excluding hydrogens is 434 g/mol. The molecule has 0 spiro atoms. The van der Waals surface area contributed by atoms with Crippen LogP contribution in [0.5, 0.6) is 0 Å². The summed E-state index contributed by atoms with van der Waals surface area (Å²) in [5.41, 5.74) is 0. The molecule has 0 aromatic heterocycles. The van der Waals surface area contributed by atoms with E-state index in [0.29, 0.717) is 24.2 Å². The average Bonchev–Trinajstić information content (AvgIpc) is 2.84. The second-order valence-corrected chi connectivity index (χ2v) is 12.3. The van der Waals surface area contributed by atoms with Crippen LogP contribution in [0, 0.1) is 47.3 Å². The molecule has 0 amide bonds. The molecule has 0 heterocycles.